The van der Waals surface area contributed by atoms with Gasteiger partial charge >= 0.3 is 0 Å². The number of aliphatic hydroxyl groups is 1. The Balaban J connectivity index is 3.12. The quantitative estimate of drug-likeness (QED) is 0.795. The van der Waals surface area contributed by atoms with Crippen molar-refractivity contribution in [3.8, 4) is 0 Å². The largest absolute Gasteiger partial charge is 0.384 e. The van der Waals surface area contributed by atoms with E-state index in [1.165, 1.54) is 6.08 Å². The van der Waals surface area contributed by atoms with Crippen molar-refractivity contribution in [1.29, 1.82) is 0 Å². The number of hydrogen-bond acceptors (Lipinski definition) is 1. The molecule has 0 fully saturated rings. The van der Waals surface area contributed by atoms with Crippen LogP contribution in [0.1, 0.15) is 11.7 Å². The highest BCUT2D eigenvalue weighted by Crippen LogP contribution is 2.26. The third-order valence-corrected chi connectivity index (χ3v) is 2.46. The smallest absolute Gasteiger partial charge is 0.0980 e. The third-order valence-electron chi connectivity index (χ3n) is 1.50. The molecule has 0 saturated carbocycles. The van der Waals surface area contributed by atoms with Crippen LogP contribution in [0.4, 0.5) is 0 Å². The second kappa shape index (κ2) is 4.08. The lowest BCUT2D eigenvalue weighted by molar-refractivity contribution is 0.228. The Hall–Kier alpha value is -0.310. The first-order valence-electron chi connectivity index (χ1n) is 3.40. The van der Waals surface area contributed by atoms with Crippen molar-refractivity contribution < 1.29 is 5.11 Å². The SMILES string of the molecule is C=C[C@@H](O)c1cc(Cl)ccc1Br. The first kappa shape index (κ1) is 9.78. The maximum atomic E-state index is 9.43. The first-order valence-corrected chi connectivity index (χ1v) is 4.58. The van der Waals surface area contributed by atoms with Crippen LogP contribution in [-0.4, -0.2) is 5.11 Å². The predicted octanol–water partition coefficient (Wildman–Crippen LogP) is 3.32. The van der Waals surface area contributed by atoms with E-state index < -0.39 is 6.10 Å². The maximum absolute atomic E-state index is 9.43. The normalized spacial score (nSPS) is 12.6. The Morgan fingerprint density at radius 3 is 2.83 bits per heavy atom. The molecule has 12 heavy (non-hydrogen) atoms. The van der Waals surface area contributed by atoms with Gasteiger partial charge < -0.3 is 5.11 Å². The zero-order valence-corrected chi connectivity index (χ0v) is 8.64. The summed E-state index contributed by atoms with van der Waals surface area (Å²) in [6, 6.07) is 5.26. The standard InChI is InChI=1S/C9H8BrClO/c1-2-9(12)7-5-6(11)3-4-8(7)10/h2-5,9,12H,1H2/t9-/m1/s1. The molecule has 0 aliphatic rings. The summed E-state index contributed by atoms with van der Waals surface area (Å²) in [4.78, 5) is 0. The average molecular weight is 248 g/mol. The van der Waals surface area contributed by atoms with E-state index in [2.05, 4.69) is 22.5 Å². The van der Waals surface area contributed by atoms with Crippen LogP contribution < -0.4 is 0 Å². The molecule has 0 saturated heterocycles. The number of rotatable bonds is 2. The summed E-state index contributed by atoms with van der Waals surface area (Å²) in [5, 5.41) is 10.0. The molecule has 1 N–H and O–H groups in total. The molecule has 0 heterocycles. The molecule has 3 heteroatoms. The molecule has 0 aliphatic heterocycles. The van der Waals surface area contributed by atoms with Crippen LogP contribution in [0, 0.1) is 0 Å². The second-order valence-corrected chi connectivity index (χ2v) is 3.64. The molecule has 0 unspecified atom stereocenters. The molecule has 0 aromatic heterocycles. The van der Waals surface area contributed by atoms with Gasteiger partial charge in [0.05, 0.1) is 6.10 Å². The molecule has 0 spiro atoms. The molecular formula is C9H8BrClO. The van der Waals surface area contributed by atoms with Crippen molar-refractivity contribution in [2.45, 2.75) is 6.10 Å². The lowest BCUT2D eigenvalue weighted by Gasteiger charge is -2.07. The van der Waals surface area contributed by atoms with E-state index in [1.807, 2.05) is 0 Å². The number of aliphatic hydroxyl groups excluding tert-OH is 1. The molecule has 1 aromatic rings. The monoisotopic (exact) mass is 246 g/mol. The van der Waals surface area contributed by atoms with E-state index in [-0.39, 0.29) is 0 Å². The zero-order valence-electron chi connectivity index (χ0n) is 6.30. The highest BCUT2D eigenvalue weighted by atomic mass is 79.9. The maximum Gasteiger partial charge on any atom is 0.0980 e. The van der Waals surface area contributed by atoms with E-state index in [0.29, 0.717) is 5.02 Å². The minimum atomic E-state index is -0.668. The molecular weight excluding hydrogens is 239 g/mol. The molecule has 1 atom stereocenters. The summed E-state index contributed by atoms with van der Waals surface area (Å²) in [6.07, 6.45) is 0.786. The van der Waals surface area contributed by atoms with Gasteiger partial charge in [0.25, 0.3) is 0 Å². The summed E-state index contributed by atoms with van der Waals surface area (Å²) in [5.41, 5.74) is 0.734. The van der Waals surface area contributed by atoms with Gasteiger partial charge in [-0.25, -0.2) is 0 Å². The van der Waals surface area contributed by atoms with Crippen LogP contribution in [0.3, 0.4) is 0 Å². The molecule has 1 aromatic carbocycles. The predicted molar refractivity (Wildman–Crippen MR) is 54.3 cm³/mol. The minimum Gasteiger partial charge on any atom is -0.384 e. The first-order chi connectivity index (χ1) is 5.65. The lowest BCUT2D eigenvalue weighted by Crippen LogP contribution is -1.93. The summed E-state index contributed by atoms with van der Waals surface area (Å²) < 4.78 is 0.833. The van der Waals surface area contributed by atoms with E-state index in [0.717, 1.165) is 10.0 Å². The van der Waals surface area contributed by atoms with E-state index >= 15 is 0 Å². The van der Waals surface area contributed by atoms with Crippen molar-refractivity contribution in [2.75, 3.05) is 0 Å². The number of benzene rings is 1. The third kappa shape index (κ3) is 2.09. The summed E-state index contributed by atoms with van der Waals surface area (Å²) >= 11 is 9.06. The van der Waals surface area contributed by atoms with Gasteiger partial charge in [0.2, 0.25) is 0 Å². The molecule has 0 aliphatic carbocycles. The van der Waals surface area contributed by atoms with Crippen molar-refractivity contribution in [1.82, 2.24) is 0 Å². The van der Waals surface area contributed by atoms with Gasteiger partial charge in [-0.05, 0) is 23.8 Å². The van der Waals surface area contributed by atoms with Gasteiger partial charge in [0.1, 0.15) is 0 Å². The van der Waals surface area contributed by atoms with Crippen molar-refractivity contribution in [3.05, 3.63) is 45.9 Å². The second-order valence-electron chi connectivity index (χ2n) is 2.35. The lowest BCUT2D eigenvalue weighted by atomic mass is 10.1. The summed E-state index contributed by atoms with van der Waals surface area (Å²) in [7, 11) is 0. The topological polar surface area (TPSA) is 20.2 Å². The van der Waals surface area contributed by atoms with Crippen LogP contribution >= 0.6 is 27.5 Å². The Labute approximate surface area is 84.8 Å². The van der Waals surface area contributed by atoms with E-state index in [9.17, 15) is 5.11 Å². The molecule has 1 rings (SSSR count). The molecule has 0 bridgehead atoms. The fourth-order valence-electron chi connectivity index (χ4n) is 0.868. The van der Waals surface area contributed by atoms with Gasteiger partial charge in [0.15, 0.2) is 0 Å². The molecule has 1 nitrogen and oxygen atoms in total. The fraction of sp³-hybridized carbons (Fsp3) is 0.111. The highest BCUT2D eigenvalue weighted by molar-refractivity contribution is 9.10. The van der Waals surface area contributed by atoms with Crippen molar-refractivity contribution >= 4 is 27.5 Å². The van der Waals surface area contributed by atoms with E-state index in [4.69, 9.17) is 11.6 Å². The summed E-state index contributed by atoms with van der Waals surface area (Å²) in [5.74, 6) is 0. The Morgan fingerprint density at radius 2 is 2.25 bits per heavy atom. The molecule has 0 amide bonds. The van der Waals surface area contributed by atoms with Gasteiger partial charge in [-0.2, -0.15) is 0 Å². The fourth-order valence-corrected chi connectivity index (χ4v) is 1.53. The average Bonchev–Trinajstić information content (AvgIpc) is 2.08. The Bertz CT molecular complexity index is 299. The Kier molecular flexibility index (Phi) is 3.32. The van der Waals surface area contributed by atoms with Gasteiger partial charge in [-0.1, -0.05) is 33.6 Å². The summed E-state index contributed by atoms with van der Waals surface area (Å²) in [6.45, 7) is 3.49. The number of hydrogen-bond donors (Lipinski definition) is 1. The van der Waals surface area contributed by atoms with Crippen LogP contribution in [0.25, 0.3) is 0 Å². The van der Waals surface area contributed by atoms with Gasteiger partial charge in [0, 0.05) is 9.50 Å². The van der Waals surface area contributed by atoms with Crippen LogP contribution in [0.5, 0.6) is 0 Å². The number of halogens is 2. The molecule has 0 radical (unpaired) electrons. The highest BCUT2D eigenvalue weighted by Gasteiger charge is 2.07. The van der Waals surface area contributed by atoms with Gasteiger partial charge in [-0.15, -0.1) is 6.58 Å². The van der Waals surface area contributed by atoms with E-state index in [1.54, 1.807) is 18.2 Å². The van der Waals surface area contributed by atoms with Crippen molar-refractivity contribution in [3.63, 3.8) is 0 Å². The Morgan fingerprint density at radius 1 is 1.58 bits per heavy atom. The molecule has 64 valence electrons. The van der Waals surface area contributed by atoms with Crippen LogP contribution in [-0.2, 0) is 0 Å². The van der Waals surface area contributed by atoms with Crippen LogP contribution in [0.2, 0.25) is 5.02 Å². The van der Waals surface area contributed by atoms with Crippen molar-refractivity contribution in [2.24, 2.45) is 0 Å². The minimum absolute atomic E-state index is 0.606. The van der Waals surface area contributed by atoms with Gasteiger partial charge in [-0.3, -0.25) is 0 Å². The zero-order chi connectivity index (χ0) is 9.14. The van der Waals surface area contributed by atoms with Crippen LogP contribution in [0.15, 0.2) is 35.3 Å².